The molecule has 2 rings (SSSR count). The van der Waals surface area contributed by atoms with Crippen LogP contribution < -0.4 is 20.5 Å². The zero-order valence-electron chi connectivity index (χ0n) is 12.4. The second-order valence-corrected chi connectivity index (χ2v) is 5.05. The van der Waals surface area contributed by atoms with Crippen LogP contribution in [0.5, 0.6) is 11.5 Å². The third-order valence-corrected chi connectivity index (χ3v) is 3.39. The summed E-state index contributed by atoms with van der Waals surface area (Å²) in [5, 5.41) is 10.2. The van der Waals surface area contributed by atoms with E-state index in [1.165, 1.54) is 19.5 Å². The quantitative estimate of drug-likeness (QED) is 0.613. The molecule has 0 aliphatic carbocycles. The predicted molar refractivity (Wildman–Crippen MR) is 90.3 cm³/mol. The van der Waals surface area contributed by atoms with Crippen LogP contribution in [0.2, 0.25) is 10.0 Å². The number of ether oxygens (including phenoxy) is 2. The van der Waals surface area contributed by atoms with Crippen molar-refractivity contribution in [1.29, 1.82) is 0 Å². The summed E-state index contributed by atoms with van der Waals surface area (Å²) in [4.78, 5) is 11.3. The summed E-state index contributed by atoms with van der Waals surface area (Å²) in [6, 6.07) is 3.40. The van der Waals surface area contributed by atoms with Crippen molar-refractivity contribution >= 4 is 35.1 Å². The van der Waals surface area contributed by atoms with Gasteiger partial charge in [0, 0.05) is 0 Å². The van der Waals surface area contributed by atoms with Crippen LogP contribution in [0.15, 0.2) is 28.2 Å². The molecule has 0 amide bonds. The fourth-order valence-corrected chi connectivity index (χ4v) is 2.14. The van der Waals surface area contributed by atoms with Crippen molar-refractivity contribution in [3.05, 3.63) is 44.3 Å². The Morgan fingerprint density at radius 1 is 1.43 bits per heavy atom. The SMILES string of the molecule is CCOc1c(Cl)cc(/C=N\Nc2cn[nH]c(=O)c2Cl)cc1OC. The molecule has 0 aliphatic rings. The molecule has 1 aromatic carbocycles. The van der Waals surface area contributed by atoms with Gasteiger partial charge in [-0.1, -0.05) is 23.2 Å². The maximum Gasteiger partial charge on any atom is 0.285 e. The van der Waals surface area contributed by atoms with Gasteiger partial charge in [0.05, 0.1) is 31.2 Å². The van der Waals surface area contributed by atoms with Crippen LogP contribution in [-0.2, 0) is 0 Å². The van der Waals surface area contributed by atoms with Crippen LogP contribution in [0.1, 0.15) is 12.5 Å². The highest BCUT2D eigenvalue weighted by Gasteiger charge is 2.11. The van der Waals surface area contributed by atoms with Crippen LogP contribution >= 0.6 is 23.2 Å². The topological polar surface area (TPSA) is 88.6 Å². The van der Waals surface area contributed by atoms with Crippen LogP contribution in [0.4, 0.5) is 5.69 Å². The molecule has 0 bridgehead atoms. The van der Waals surface area contributed by atoms with Gasteiger partial charge in [0.1, 0.15) is 10.7 Å². The van der Waals surface area contributed by atoms with Gasteiger partial charge in [-0.3, -0.25) is 10.2 Å². The number of aromatic amines is 1. The minimum Gasteiger partial charge on any atom is -0.493 e. The normalized spacial score (nSPS) is 10.8. The molecule has 2 N–H and O–H groups in total. The van der Waals surface area contributed by atoms with Gasteiger partial charge in [-0.05, 0) is 24.6 Å². The van der Waals surface area contributed by atoms with Gasteiger partial charge in [0.2, 0.25) is 0 Å². The molecule has 0 spiro atoms. The first-order valence-corrected chi connectivity index (χ1v) is 7.35. The third kappa shape index (κ3) is 4.14. The summed E-state index contributed by atoms with van der Waals surface area (Å²) in [5.74, 6) is 0.972. The van der Waals surface area contributed by atoms with E-state index < -0.39 is 5.56 Å². The number of hydrogen-bond donors (Lipinski definition) is 2. The molecule has 1 heterocycles. The van der Waals surface area contributed by atoms with Crippen molar-refractivity contribution < 1.29 is 9.47 Å². The Labute approximate surface area is 142 Å². The Morgan fingerprint density at radius 2 is 2.22 bits per heavy atom. The van der Waals surface area contributed by atoms with E-state index in [-0.39, 0.29) is 10.7 Å². The maximum atomic E-state index is 11.3. The summed E-state index contributed by atoms with van der Waals surface area (Å²) in [6.07, 6.45) is 2.86. The standard InChI is InChI=1S/C14H14Cl2N4O3/c1-3-23-13-9(15)4-8(5-11(13)22-2)6-17-19-10-7-18-20-14(21)12(10)16/h4-7H,3H2,1-2H3,(H2,19,20,21)/b17-6-. The highest BCUT2D eigenvalue weighted by molar-refractivity contribution is 6.33. The summed E-state index contributed by atoms with van der Waals surface area (Å²) < 4.78 is 10.7. The molecule has 2 aromatic rings. The summed E-state index contributed by atoms with van der Waals surface area (Å²) >= 11 is 12.0. The van der Waals surface area contributed by atoms with Crippen molar-refractivity contribution in [3.63, 3.8) is 0 Å². The van der Waals surface area contributed by atoms with Gasteiger partial charge in [-0.15, -0.1) is 0 Å². The van der Waals surface area contributed by atoms with E-state index in [4.69, 9.17) is 32.7 Å². The fourth-order valence-electron chi connectivity index (χ4n) is 1.74. The number of aromatic nitrogens is 2. The Balaban J connectivity index is 2.21. The van der Waals surface area contributed by atoms with Crippen molar-refractivity contribution in [1.82, 2.24) is 10.2 Å². The number of methoxy groups -OCH3 is 1. The second-order valence-electron chi connectivity index (χ2n) is 4.26. The molecule has 0 saturated carbocycles. The smallest absolute Gasteiger partial charge is 0.285 e. The summed E-state index contributed by atoms with van der Waals surface area (Å²) in [6.45, 7) is 2.33. The fraction of sp³-hybridized carbons (Fsp3) is 0.214. The lowest BCUT2D eigenvalue weighted by Crippen LogP contribution is -2.10. The monoisotopic (exact) mass is 356 g/mol. The molecule has 0 aliphatic heterocycles. The Morgan fingerprint density at radius 3 is 2.91 bits per heavy atom. The number of halogens is 2. The van der Waals surface area contributed by atoms with E-state index >= 15 is 0 Å². The number of hydrazone groups is 1. The number of anilines is 1. The molecule has 0 unspecified atom stereocenters. The van der Waals surface area contributed by atoms with Crippen LogP contribution in [0.3, 0.4) is 0 Å². The number of benzene rings is 1. The molecular weight excluding hydrogens is 343 g/mol. The van der Waals surface area contributed by atoms with Gasteiger partial charge < -0.3 is 9.47 Å². The zero-order valence-corrected chi connectivity index (χ0v) is 13.9. The average molecular weight is 357 g/mol. The lowest BCUT2D eigenvalue weighted by atomic mass is 10.2. The molecule has 0 atom stereocenters. The van der Waals surface area contributed by atoms with Crippen molar-refractivity contribution in [2.75, 3.05) is 19.1 Å². The minimum atomic E-state index is -0.502. The highest BCUT2D eigenvalue weighted by atomic mass is 35.5. The van der Waals surface area contributed by atoms with E-state index in [0.717, 1.165) is 0 Å². The zero-order chi connectivity index (χ0) is 16.8. The average Bonchev–Trinajstić information content (AvgIpc) is 2.53. The van der Waals surface area contributed by atoms with Crippen molar-refractivity contribution in [2.24, 2.45) is 5.10 Å². The first-order chi connectivity index (χ1) is 11.1. The molecule has 7 nitrogen and oxygen atoms in total. The molecule has 0 fully saturated rings. The van der Waals surface area contributed by atoms with Crippen LogP contribution in [0, 0.1) is 0 Å². The van der Waals surface area contributed by atoms with E-state index in [9.17, 15) is 4.79 Å². The van der Waals surface area contributed by atoms with E-state index in [2.05, 4.69) is 20.7 Å². The summed E-state index contributed by atoms with van der Waals surface area (Å²) in [5.41, 5.74) is 3.10. The molecule has 9 heteroatoms. The summed E-state index contributed by atoms with van der Waals surface area (Å²) in [7, 11) is 1.52. The van der Waals surface area contributed by atoms with Crippen molar-refractivity contribution in [3.8, 4) is 11.5 Å². The number of H-pyrrole nitrogens is 1. The van der Waals surface area contributed by atoms with Gasteiger partial charge in [0.15, 0.2) is 11.5 Å². The lowest BCUT2D eigenvalue weighted by Gasteiger charge is -2.11. The number of hydrogen-bond acceptors (Lipinski definition) is 6. The molecule has 0 saturated heterocycles. The van der Waals surface area contributed by atoms with Gasteiger partial charge in [-0.25, -0.2) is 5.10 Å². The Hall–Kier alpha value is -2.25. The molecule has 0 radical (unpaired) electrons. The highest BCUT2D eigenvalue weighted by Crippen LogP contribution is 2.36. The third-order valence-electron chi connectivity index (χ3n) is 2.73. The van der Waals surface area contributed by atoms with Gasteiger partial charge in [-0.2, -0.15) is 10.2 Å². The van der Waals surface area contributed by atoms with Gasteiger partial charge >= 0.3 is 0 Å². The first-order valence-electron chi connectivity index (χ1n) is 6.59. The molecular formula is C14H14Cl2N4O3. The maximum absolute atomic E-state index is 11.3. The molecule has 122 valence electrons. The van der Waals surface area contributed by atoms with Crippen LogP contribution in [0.25, 0.3) is 0 Å². The minimum absolute atomic E-state index is 0.0283. The van der Waals surface area contributed by atoms with Crippen molar-refractivity contribution in [2.45, 2.75) is 6.92 Å². The van der Waals surface area contributed by atoms with Crippen LogP contribution in [-0.4, -0.2) is 30.1 Å². The molecule has 23 heavy (non-hydrogen) atoms. The van der Waals surface area contributed by atoms with E-state index in [0.29, 0.717) is 28.7 Å². The van der Waals surface area contributed by atoms with E-state index in [1.54, 1.807) is 12.1 Å². The number of nitrogens with one attached hydrogen (secondary N) is 2. The Bertz CT molecular complexity index is 777. The van der Waals surface area contributed by atoms with E-state index in [1.807, 2.05) is 6.92 Å². The lowest BCUT2D eigenvalue weighted by molar-refractivity contribution is 0.311. The molecule has 1 aromatic heterocycles. The number of nitrogens with zero attached hydrogens (tertiary/aromatic N) is 2. The Kier molecular flexibility index (Phi) is 5.84. The predicted octanol–water partition coefficient (Wildman–Crippen LogP) is 2.93. The largest absolute Gasteiger partial charge is 0.493 e. The second kappa shape index (κ2) is 7.85. The number of rotatable bonds is 6. The first kappa shape index (κ1) is 17.1. The van der Waals surface area contributed by atoms with Gasteiger partial charge in [0.25, 0.3) is 5.56 Å².